The van der Waals surface area contributed by atoms with Gasteiger partial charge in [-0.3, -0.25) is 0 Å². The molecule has 0 saturated heterocycles. The van der Waals surface area contributed by atoms with Crippen LogP contribution in [0.3, 0.4) is 0 Å². The molecule has 1 rings (SSSR count). The maximum atomic E-state index is 4.56. The van der Waals surface area contributed by atoms with Crippen molar-refractivity contribution in [2.75, 3.05) is 29.7 Å². The fourth-order valence-corrected chi connectivity index (χ4v) is 2.13. The van der Waals surface area contributed by atoms with Crippen LogP contribution in [0, 0.1) is 0 Å². The lowest BCUT2D eigenvalue weighted by atomic mass is 10.2. The van der Waals surface area contributed by atoms with Gasteiger partial charge in [0.25, 0.3) is 0 Å². The highest BCUT2D eigenvalue weighted by Gasteiger charge is 2.09. The number of hydrogen-bond donors (Lipinski definition) is 2. The maximum absolute atomic E-state index is 4.56. The topological polar surface area (TPSA) is 49.8 Å². The molecular weight excluding hydrogens is 244 g/mol. The van der Waals surface area contributed by atoms with Crippen LogP contribution in [-0.4, -0.2) is 35.1 Å². The molecule has 0 aliphatic rings. The van der Waals surface area contributed by atoms with Crippen LogP contribution in [0.15, 0.2) is 6.07 Å². The molecule has 0 aliphatic heterocycles. The van der Waals surface area contributed by atoms with Crippen molar-refractivity contribution >= 4 is 23.4 Å². The Morgan fingerprint density at radius 3 is 2.44 bits per heavy atom. The van der Waals surface area contributed by atoms with Crippen LogP contribution in [0.25, 0.3) is 0 Å². The van der Waals surface area contributed by atoms with E-state index in [0.29, 0.717) is 12.0 Å². The molecule has 5 heteroatoms. The Bertz CT molecular complexity index is 368. The number of anilines is 2. The molecule has 0 radical (unpaired) electrons. The van der Waals surface area contributed by atoms with Gasteiger partial charge in [0.2, 0.25) is 0 Å². The van der Waals surface area contributed by atoms with Gasteiger partial charge in [-0.15, -0.1) is 0 Å². The summed E-state index contributed by atoms with van der Waals surface area (Å²) in [6.07, 6.45) is 3.27. The maximum Gasteiger partial charge on any atom is 0.135 e. The van der Waals surface area contributed by atoms with Gasteiger partial charge in [-0.05, 0) is 25.4 Å². The van der Waals surface area contributed by atoms with Gasteiger partial charge in [-0.25, -0.2) is 9.97 Å². The molecule has 0 bridgehead atoms. The van der Waals surface area contributed by atoms with E-state index in [1.54, 1.807) is 0 Å². The fourth-order valence-electron chi connectivity index (χ4n) is 1.55. The van der Waals surface area contributed by atoms with Crippen molar-refractivity contribution in [2.45, 2.75) is 39.2 Å². The minimum Gasteiger partial charge on any atom is -0.373 e. The van der Waals surface area contributed by atoms with Gasteiger partial charge in [0, 0.05) is 25.1 Å². The first-order valence-electron chi connectivity index (χ1n) is 6.39. The van der Waals surface area contributed by atoms with Gasteiger partial charge in [0.1, 0.15) is 17.5 Å². The van der Waals surface area contributed by atoms with E-state index >= 15 is 0 Å². The van der Waals surface area contributed by atoms with E-state index in [0.717, 1.165) is 29.6 Å². The van der Waals surface area contributed by atoms with E-state index in [9.17, 15) is 0 Å². The molecule has 1 aromatic rings. The van der Waals surface area contributed by atoms with Crippen LogP contribution in [0.1, 0.15) is 38.9 Å². The molecule has 0 spiro atoms. The Labute approximate surface area is 114 Å². The van der Waals surface area contributed by atoms with Gasteiger partial charge in [-0.2, -0.15) is 11.8 Å². The minimum absolute atomic E-state index is 0.334. The summed E-state index contributed by atoms with van der Waals surface area (Å²) in [6, 6.07) is 2.39. The number of rotatable bonds is 7. The van der Waals surface area contributed by atoms with E-state index in [1.807, 2.05) is 24.9 Å². The molecule has 18 heavy (non-hydrogen) atoms. The number of aromatic nitrogens is 2. The summed E-state index contributed by atoms with van der Waals surface area (Å²) in [5.41, 5.74) is 0. The van der Waals surface area contributed by atoms with Crippen molar-refractivity contribution in [2.24, 2.45) is 0 Å². The summed E-state index contributed by atoms with van der Waals surface area (Å²) in [4.78, 5) is 9.01. The third-order valence-corrected chi connectivity index (χ3v) is 3.31. The highest BCUT2D eigenvalue weighted by atomic mass is 32.2. The Morgan fingerprint density at radius 1 is 1.22 bits per heavy atom. The first-order chi connectivity index (χ1) is 8.56. The van der Waals surface area contributed by atoms with Gasteiger partial charge in [0.15, 0.2) is 0 Å². The Balaban J connectivity index is 2.77. The average molecular weight is 268 g/mol. The second-order valence-electron chi connectivity index (χ2n) is 4.73. The van der Waals surface area contributed by atoms with Crippen molar-refractivity contribution in [3.8, 4) is 0 Å². The molecular formula is C13H24N4S. The Kier molecular flexibility index (Phi) is 6.25. The van der Waals surface area contributed by atoms with Gasteiger partial charge >= 0.3 is 0 Å². The monoisotopic (exact) mass is 268 g/mol. The first kappa shape index (κ1) is 15.1. The summed E-state index contributed by atoms with van der Waals surface area (Å²) < 4.78 is 0. The van der Waals surface area contributed by atoms with Crippen LogP contribution in [-0.2, 0) is 0 Å². The minimum atomic E-state index is 0.334. The second kappa shape index (κ2) is 7.46. The van der Waals surface area contributed by atoms with E-state index in [1.165, 1.54) is 0 Å². The smallest absolute Gasteiger partial charge is 0.135 e. The van der Waals surface area contributed by atoms with Gasteiger partial charge in [0.05, 0.1) is 0 Å². The molecule has 4 nitrogen and oxygen atoms in total. The molecule has 0 fully saturated rings. The summed E-state index contributed by atoms with van der Waals surface area (Å²) in [6.45, 7) is 6.40. The first-order valence-corrected chi connectivity index (χ1v) is 7.78. The number of hydrogen-bond acceptors (Lipinski definition) is 5. The Morgan fingerprint density at radius 2 is 1.89 bits per heavy atom. The van der Waals surface area contributed by atoms with Gasteiger partial charge in [-0.1, -0.05) is 13.8 Å². The summed E-state index contributed by atoms with van der Waals surface area (Å²) >= 11 is 1.87. The summed E-state index contributed by atoms with van der Waals surface area (Å²) in [7, 11) is 1.88. The van der Waals surface area contributed by atoms with Crippen molar-refractivity contribution < 1.29 is 0 Å². The second-order valence-corrected chi connectivity index (χ2v) is 5.71. The molecule has 1 unspecified atom stereocenters. The molecule has 0 saturated carbocycles. The predicted molar refractivity (Wildman–Crippen MR) is 81.8 cm³/mol. The van der Waals surface area contributed by atoms with Crippen LogP contribution >= 0.6 is 11.8 Å². The third-order valence-electron chi connectivity index (χ3n) is 2.67. The number of nitrogens with zero attached hydrogens (tertiary/aromatic N) is 2. The summed E-state index contributed by atoms with van der Waals surface area (Å²) in [5.74, 6) is 4.15. The van der Waals surface area contributed by atoms with Crippen LogP contribution in [0.4, 0.5) is 11.6 Å². The number of thioether (sulfide) groups is 1. The molecule has 1 atom stereocenters. The molecule has 0 amide bonds. The fraction of sp³-hybridized carbons (Fsp3) is 0.692. The van der Waals surface area contributed by atoms with Gasteiger partial charge < -0.3 is 10.6 Å². The lowest BCUT2D eigenvalue weighted by Crippen LogP contribution is -2.18. The molecule has 1 aromatic heterocycles. The van der Waals surface area contributed by atoms with Crippen molar-refractivity contribution in [3.63, 3.8) is 0 Å². The standard InChI is InChI=1S/C13H24N4S/c1-9(2)13-16-11(14-4)8-12(17-13)15-10(3)6-7-18-5/h8-10H,6-7H2,1-5H3,(H2,14,15,16,17). The lowest BCUT2D eigenvalue weighted by Gasteiger charge is -2.16. The molecule has 0 aliphatic carbocycles. The Hall–Kier alpha value is -0.970. The molecule has 102 valence electrons. The zero-order valence-corrected chi connectivity index (χ0v) is 12.8. The van der Waals surface area contributed by atoms with Crippen molar-refractivity contribution in [3.05, 3.63) is 11.9 Å². The van der Waals surface area contributed by atoms with Crippen LogP contribution in [0.5, 0.6) is 0 Å². The lowest BCUT2D eigenvalue weighted by molar-refractivity contribution is 0.746. The third kappa shape index (κ3) is 4.72. The molecule has 1 heterocycles. The highest BCUT2D eigenvalue weighted by Crippen LogP contribution is 2.17. The van der Waals surface area contributed by atoms with E-state index in [4.69, 9.17) is 0 Å². The van der Waals surface area contributed by atoms with E-state index in [2.05, 4.69) is 47.6 Å². The number of nitrogens with one attached hydrogen (secondary N) is 2. The normalized spacial score (nSPS) is 12.6. The van der Waals surface area contributed by atoms with Crippen LogP contribution in [0.2, 0.25) is 0 Å². The predicted octanol–water partition coefficient (Wildman–Crippen LogP) is 3.20. The zero-order chi connectivity index (χ0) is 13.5. The average Bonchev–Trinajstić information content (AvgIpc) is 2.35. The molecule has 0 aromatic carbocycles. The largest absolute Gasteiger partial charge is 0.373 e. The summed E-state index contributed by atoms with van der Waals surface area (Å²) in [5, 5.41) is 6.53. The van der Waals surface area contributed by atoms with Crippen LogP contribution < -0.4 is 10.6 Å². The van der Waals surface area contributed by atoms with E-state index < -0.39 is 0 Å². The zero-order valence-electron chi connectivity index (χ0n) is 11.9. The molecule has 2 N–H and O–H groups in total. The van der Waals surface area contributed by atoms with Crippen molar-refractivity contribution in [1.29, 1.82) is 0 Å². The van der Waals surface area contributed by atoms with Crippen molar-refractivity contribution in [1.82, 2.24) is 9.97 Å². The quantitative estimate of drug-likeness (QED) is 0.795. The van der Waals surface area contributed by atoms with E-state index in [-0.39, 0.29) is 0 Å². The highest BCUT2D eigenvalue weighted by molar-refractivity contribution is 7.98. The SMILES string of the molecule is CNc1cc(NC(C)CCSC)nc(C(C)C)n1.